The van der Waals surface area contributed by atoms with E-state index < -0.39 is 11.7 Å². The van der Waals surface area contributed by atoms with Crippen molar-refractivity contribution in [2.45, 2.75) is 6.54 Å². The molecule has 0 aliphatic carbocycles. The normalized spacial score (nSPS) is 13.4. The molecular weight excluding hydrogens is 497 g/mol. The number of hydrogen-bond acceptors (Lipinski definition) is 10. The van der Waals surface area contributed by atoms with E-state index in [1.165, 1.54) is 30.7 Å². The number of anilines is 2. The van der Waals surface area contributed by atoms with Gasteiger partial charge in [-0.25, -0.2) is 9.37 Å². The zero-order valence-electron chi connectivity index (χ0n) is 20.1. The first-order valence-electron chi connectivity index (χ1n) is 11.8. The number of halogens is 1. The molecule has 1 aliphatic heterocycles. The highest BCUT2D eigenvalue weighted by Crippen LogP contribution is 2.27. The van der Waals surface area contributed by atoms with Gasteiger partial charge in [-0.1, -0.05) is 16.4 Å². The fraction of sp³-hybridized carbons (Fsp3) is 0.240. The van der Waals surface area contributed by atoms with Gasteiger partial charge >= 0.3 is 0 Å². The Morgan fingerprint density at radius 3 is 2.66 bits per heavy atom. The number of hydrogen-bond donors (Lipinski definition) is 3. The van der Waals surface area contributed by atoms with Crippen LogP contribution in [0.5, 0.6) is 5.75 Å². The van der Waals surface area contributed by atoms with Crippen LogP contribution in [0.25, 0.3) is 11.3 Å². The van der Waals surface area contributed by atoms with Gasteiger partial charge in [0.2, 0.25) is 5.91 Å². The van der Waals surface area contributed by atoms with Gasteiger partial charge in [0.25, 0.3) is 5.91 Å². The molecule has 2 amide bonds. The Morgan fingerprint density at radius 2 is 1.92 bits per heavy atom. The molecule has 13 heteroatoms. The lowest BCUT2D eigenvalue weighted by Gasteiger charge is -2.36. The van der Waals surface area contributed by atoms with E-state index in [9.17, 15) is 14.7 Å². The second-order valence-electron chi connectivity index (χ2n) is 8.50. The first-order valence-corrected chi connectivity index (χ1v) is 11.8. The molecular formula is C25H24FN7O5. The fourth-order valence-corrected chi connectivity index (χ4v) is 4.06. The number of aromatic hydroxyl groups is 1. The van der Waals surface area contributed by atoms with Crippen LogP contribution in [0.4, 0.5) is 15.9 Å². The highest BCUT2D eigenvalue weighted by molar-refractivity contribution is 5.96. The number of benzene rings is 1. The molecule has 1 aliphatic rings. The monoisotopic (exact) mass is 521 g/mol. The molecule has 3 aromatic heterocycles. The summed E-state index contributed by atoms with van der Waals surface area (Å²) in [5.41, 5.74) is 1.36. The summed E-state index contributed by atoms with van der Waals surface area (Å²) in [4.78, 5) is 32.0. The van der Waals surface area contributed by atoms with Crippen molar-refractivity contribution in [1.82, 2.24) is 25.5 Å². The molecule has 1 aromatic carbocycles. The first-order chi connectivity index (χ1) is 18.5. The van der Waals surface area contributed by atoms with E-state index in [2.05, 4.69) is 25.9 Å². The third-order valence-corrected chi connectivity index (χ3v) is 6.06. The van der Waals surface area contributed by atoms with Crippen molar-refractivity contribution in [2.24, 2.45) is 0 Å². The highest BCUT2D eigenvalue weighted by Gasteiger charge is 2.24. The van der Waals surface area contributed by atoms with Gasteiger partial charge in [0, 0.05) is 50.1 Å². The van der Waals surface area contributed by atoms with Gasteiger partial charge in [0.1, 0.15) is 23.5 Å². The smallest absolute Gasteiger partial charge is 0.274 e. The molecule has 0 unspecified atom stereocenters. The zero-order chi connectivity index (χ0) is 26.5. The molecule has 3 N–H and O–H groups in total. The average Bonchev–Trinajstić information content (AvgIpc) is 3.63. The van der Waals surface area contributed by atoms with Crippen molar-refractivity contribution in [3.05, 3.63) is 72.2 Å². The van der Waals surface area contributed by atoms with Crippen LogP contribution in [0.2, 0.25) is 0 Å². The van der Waals surface area contributed by atoms with E-state index in [1.807, 2.05) is 4.90 Å². The number of aromatic nitrogens is 3. The lowest BCUT2D eigenvalue weighted by molar-refractivity contribution is -0.130. The van der Waals surface area contributed by atoms with E-state index in [-0.39, 0.29) is 23.9 Å². The van der Waals surface area contributed by atoms with Gasteiger partial charge in [0.15, 0.2) is 17.3 Å². The van der Waals surface area contributed by atoms with E-state index in [4.69, 9.17) is 9.05 Å². The Bertz CT molecular complexity index is 1420. The van der Waals surface area contributed by atoms with Gasteiger partial charge in [-0.05, 0) is 24.3 Å². The van der Waals surface area contributed by atoms with Crippen molar-refractivity contribution in [3.63, 3.8) is 0 Å². The Labute approximate surface area is 216 Å². The van der Waals surface area contributed by atoms with E-state index in [1.54, 1.807) is 29.2 Å². The number of carbonyl (C=O) groups excluding carboxylic acids is 2. The zero-order valence-corrected chi connectivity index (χ0v) is 20.1. The summed E-state index contributed by atoms with van der Waals surface area (Å²) < 4.78 is 25.1. The largest absolute Gasteiger partial charge is 0.505 e. The van der Waals surface area contributed by atoms with Crippen molar-refractivity contribution in [3.8, 4) is 17.0 Å². The standard InChI is InChI=1S/C25H24FN7O5/c26-18-12-16(19-13-17(38-30-19)14-28-22-5-11-37-31-22)3-4-20(18)32-7-9-33(10-8-32)23(35)15-29-25(36)24-21(34)2-1-6-27-24/h1-6,11-13,34H,7-10,14-15H2,(H,28,31)(H,29,36). The number of pyridine rings is 1. The summed E-state index contributed by atoms with van der Waals surface area (Å²) in [6.07, 6.45) is 2.83. The van der Waals surface area contributed by atoms with E-state index in [0.717, 1.165) is 0 Å². The molecule has 0 saturated carbocycles. The van der Waals surface area contributed by atoms with Crippen LogP contribution in [-0.4, -0.2) is 69.8 Å². The van der Waals surface area contributed by atoms with Gasteiger partial charge in [-0.2, -0.15) is 0 Å². The van der Waals surface area contributed by atoms with Gasteiger partial charge < -0.3 is 34.6 Å². The van der Waals surface area contributed by atoms with E-state index >= 15 is 4.39 Å². The Hall–Kier alpha value is -4.94. The van der Waals surface area contributed by atoms with Crippen LogP contribution in [0.3, 0.4) is 0 Å². The average molecular weight is 522 g/mol. The number of carbonyl (C=O) groups is 2. The SMILES string of the molecule is O=C(NCC(=O)N1CCN(c2ccc(-c3cc(CNc4ccon4)on3)cc2F)CC1)c1ncccc1O. The van der Waals surface area contributed by atoms with Crippen molar-refractivity contribution >= 4 is 23.3 Å². The van der Waals surface area contributed by atoms with Gasteiger partial charge in [0.05, 0.1) is 18.8 Å². The molecule has 0 atom stereocenters. The number of piperazine rings is 1. The molecule has 12 nitrogen and oxygen atoms in total. The lowest BCUT2D eigenvalue weighted by atomic mass is 10.1. The van der Waals surface area contributed by atoms with Crippen molar-refractivity contribution < 1.29 is 28.1 Å². The number of nitrogens with zero attached hydrogens (tertiary/aromatic N) is 5. The minimum absolute atomic E-state index is 0.144. The number of nitrogens with one attached hydrogen (secondary N) is 2. The highest BCUT2D eigenvalue weighted by atomic mass is 19.1. The second kappa shape index (κ2) is 11.0. The molecule has 0 spiro atoms. The molecule has 1 saturated heterocycles. The summed E-state index contributed by atoms with van der Waals surface area (Å²) in [7, 11) is 0. The molecule has 196 valence electrons. The summed E-state index contributed by atoms with van der Waals surface area (Å²) in [6, 6.07) is 11.1. The van der Waals surface area contributed by atoms with Crippen LogP contribution in [0.1, 0.15) is 16.2 Å². The molecule has 0 radical (unpaired) electrons. The summed E-state index contributed by atoms with van der Waals surface area (Å²) in [5.74, 6) is -0.458. The molecule has 4 heterocycles. The third kappa shape index (κ3) is 5.56. The lowest BCUT2D eigenvalue weighted by Crippen LogP contribution is -2.51. The summed E-state index contributed by atoms with van der Waals surface area (Å²) in [5, 5.41) is 23.0. The number of amides is 2. The summed E-state index contributed by atoms with van der Waals surface area (Å²) >= 11 is 0. The maximum atomic E-state index is 15.0. The third-order valence-electron chi connectivity index (χ3n) is 6.06. The van der Waals surface area contributed by atoms with Crippen molar-refractivity contribution in [2.75, 3.05) is 42.9 Å². The van der Waals surface area contributed by atoms with Crippen LogP contribution in [-0.2, 0) is 11.3 Å². The quantitative estimate of drug-likeness (QED) is 0.315. The Balaban J connectivity index is 1.13. The summed E-state index contributed by atoms with van der Waals surface area (Å²) in [6.45, 7) is 1.72. The Morgan fingerprint density at radius 1 is 1.08 bits per heavy atom. The fourth-order valence-electron chi connectivity index (χ4n) is 4.06. The molecule has 0 bridgehead atoms. The first kappa shape index (κ1) is 24.7. The number of rotatable bonds is 8. The molecule has 4 aromatic rings. The minimum atomic E-state index is -0.636. The molecule has 38 heavy (non-hydrogen) atoms. The van der Waals surface area contributed by atoms with Gasteiger partial charge in [-0.3, -0.25) is 9.59 Å². The van der Waals surface area contributed by atoms with Crippen LogP contribution >= 0.6 is 0 Å². The van der Waals surface area contributed by atoms with Gasteiger partial charge in [-0.15, -0.1) is 0 Å². The molecule has 1 fully saturated rings. The molecule has 5 rings (SSSR count). The second-order valence-corrected chi connectivity index (χ2v) is 8.50. The van der Waals surface area contributed by atoms with Crippen LogP contribution in [0, 0.1) is 5.82 Å². The Kier molecular flexibility index (Phi) is 7.15. The van der Waals surface area contributed by atoms with E-state index in [0.29, 0.717) is 61.2 Å². The maximum Gasteiger partial charge on any atom is 0.274 e. The predicted molar refractivity (Wildman–Crippen MR) is 133 cm³/mol. The topological polar surface area (TPSA) is 150 Å². The van der Waals surface area contributed by atoms with Crippen LogP contribution < -0.4 is 15.5 Å². The van der Waals surface area contributed by atoms with Crippen molar-refractivity contribution in [1.29, 1.82) is 0 Å². The minimum Gasteiger partial charge on any atom is -0.505 e. The van der Waals surface area contributed by atoms with Crippen LogP contribution in [0.15, 0.2) is 64.0 Å². The maximum absolute atomic E-state index is 15.0. The predicted octanol–water partition coefficient (Wildman–Crippen LogP) is 2.26.